The predicted molar refractivity (Wildman–Crippen MR) is 98.1 cm³/mol. The summed E-state index contributed by atoms with van der Waals surface area (Å²) in [6.45, 7) is 3.72. The van der Waals surface area contributed by atoms with Gasteiger partial charge in [0.05, 0.1) is 5.56 Å². The first kappa shape index (κ1) is 18.1. The lowest BCUT2D eigenvalue weighted by atomic mass is 10.1. The number of nitrogen functional groups attached to an aromatic ring is 1. The highest BCUT2D eigenvalue weighted by Gasteiger charge is 2.14. The van der Waals surface area contributed by atoms with E-state index < -0.39 is 0 Å². The largest absolute Gasteiger partial charge is 0.457 e. The van der Waals surface area contributed by atoms with Crippen molar-refractivity contribution in [1.29, 1.82) is 0 Å². The Morgan fingerprint density at radius 2 is 1.76 bits per heavy atom. The molecule has 0 radical (unpaired) electrons. The van der Waals surface area contributed by atoms with Crippen LogP contribution in [0.2, 0.25) is 0 Å². The molecule has 0 aliphatic carbocycles. The van der Waals surface area contributed by atoms with Gasteiger partial charge in [-0.3, -0.25) is 4.79 Å². The summed E-state index contributed by atoms with van der Waals surface area (Å²) in [5.74, 6) is 0.606. The van der Waals surface area contributed by atoms with E-state index in [1.54, 1.807) is 42.5 Å². The molecule has 0 heterocycles. The van der Waals surface area contributed by atoms with Crippen LogP contribution in [0.1, 0.15) is 24.2 Å². The van der Waals surface area contributed by atoms with Gasteiger partial charge in [0.1, 0.15) is 11.5 Å². The van der Waals surface area contributed by atoms with Crippen molar-refractivity contribution in [3.05, 3.63) is 48.0 Å². The van der Waals surface area contributed by atoms with Gasteiger partial charge in [0.15, 0.2) is 0 Å². The van der Waals surface area contributed by atoms with Crippen LogP contribution in [-0.2, 0) is 0 Å². The summed E-state index contributed by atoms with van der Waals surface area (Å²) in [4.78, 5) is 24.0. The number of hydrogen-bond acceptors (Lipinski definition) is 4. The van der Waals surface area contributed by atoms with Crippen molar-refractivity contribution in [2.45, 2.75) is 19.9 Å². The molecule has 2 aromatic carbocycles. The quantitative estimate of drug-likeness (QED) is 0.627. The minimum Gasteiger partial charge on any atom is -0.457 e. The van der Waals surface area contributed by atoms with Crippen molar-refractivity contribution >= 4 is 23.3 Å². The first-order chi connectivity index (χ1) is 11.9. The summed E-state index contributed by atoms with van der Waals surface area (Å²) in [6, 6.07) is 11.4. The number of anilines is 2. The highest BCUT2D eigenvalue weighted by atomic mass is 16.5. The molecule has 0 spiro atoms. The lowest BCUT2D eigenvalue weighted by molar-refractivity contribution is 0.0961. The van der Waals surface area contributed by atoms with E-state index in [0.717, 1.165) is 0 Å². The molecular formula is C18H22N4O3. The number of carbonyl (C=O) groups is 2. The monoisotopic (exact) mass is 342 g/mol. The van der Waals surface area contributed by atoms with Gasteiger partial charge in [-0.2, -0.15) is 0 Å². The number of carbonyl (C=O) groups excluding carboxylic acids is 2. The molecule has 0 atom stereocenters. The number of amides is 3. The number of benzene rings is 2. The normalized spacial score (nSPS) is 10.2. The average molecular weight is 342 g/mol. The van der Waals surface area contributed by atoms with Crippen LogP contribution in [0.5, 0.6) is 11.5 Å². The highest BCUT2D eigenvalue weighted by Crippen LogP contribution is 2.28. The van der Waals surface area contributed by atoms with Crippen LogP contribution in [-0.4, -0.2) is 25.0 Å². The molecule has 7 nitrogen and oxygen atoms in total. The SMILES string of the molecule is CNC(=O)c1cc(NC(=O)NC(C)C)ccc1Oc1ccc(N)cc1. The van der Waals surface area contributed by atoms with Crippen molar-refractivity contribution in [3.8, 4) is 11.5 Å². The van der Waals surface area contributed by atoms with Crippen molar-refractivity contribution in [2.24, 2.45) is 0 Å². The third kappa shape index (κ3) is 5.13. The van der Waals surface area contributed by atoms with Crippen LogP contribution < -0.4 is 26.4 Å². The van der Waals surface area contributed by atoms with E-state index in [9.17, 15) is 9.59 Å². The number of nitrogens with one attached hydrogen (secondary N) is 3. The number of nitrogens with two attached hydrogens (primary N) is 1. The van der Waals surface area contributed by atoms with E-state index >= 15 is 0 Å². The lowest BCUT2D eigenvalue weighted by Crippen LogP contribution is -2.34. The van der Waals surface area contributed by atoms with Crippen LogP contribution in [0.3, 0.4) is 0 Å². The standard InChI is InChI=1S/C18H22N4O3/c1-11(2)21-18(24)22-13-6-9-16(15(10-13)17(23)20-3)25-14-7-4-12(19)5-8-14/h4-11H,19H2,1-3H3,(H,20,23)(H2,21,22,24). The molecule has 0 unspecified atom stereocenters. The molecule has 0 fully saturated rings. The minimum atomic E-state index is -0.343. The van der Waals surface area contributed by atoms with E-state index in [2.05, 4.69) is 16.0 Å². The van der Waals surface area contributed by atoms with E-state index in [-0.39, 0.29) is 18.0 Å². The number of rotatable bonds is 5. The second-order valence-corrected chi connectivity index (χ2v) is 5.71. The Bertz CT molecular complexity index is 757. The molecule has 0 bridgehead atoms. The molecule has 0 aliphatic rings. The molecular weight excluding hydrogens is 320 g/mol. The zero-order chi connectivity index (χ0) is 18.4. The molecule has 25 heavy (non-hydrogen) atoms. The van der Waals surface area contributed by atoms with Gasteiger partial charge < -0.3 is 26.4 Å². The first-order valence-electron chi connectivity index (χ1n) is 7.86. The van der Waals surface area contributed by atoms with Crippen molar-refractivity contribution in [2.75, 3.05) is 18.1 Å². The van der Waals surface area contributed by atoms with E-state index in [4.69, 9.17) is 10.5 Å². The van der Waals surface area contributed by atoms with E-state index in [0.29, 0.717) is 28.4 Å². The van der Waals surface area contributed by atoms with Crippen LogP contribution >= 0.6 is 0 Å². The zero-order valence-corrected chi connectivity index (χ0v) is 14.4. The van der Waals surface area contributed by atoms with Gasteiger partial charge in [-0.05, 0) is 56.3 Å². The fraction of sp³-hybridized carbons (Fsp3) is 0.222. The Hall–Kier alpha value is -3.22. The minimum absolute atomic E-state index is 0.00605. The average Bonchev–Trinajstić information content (AvgIpc) is 2.56. The molecule has 7 heteroatoms. The van der Waals surface area contributed by atoms with Crippen LogP contribution in [0, 0.1) is 0 Å². The fourth-order valence-electron chi connectivity index (χ4n) is 2.10. The molecule has 0 saturated carbocycles. The molecule has 132 valence electrons. The topological polar surface area (TPSA) is 105 Å². The van der Waals surface area contributed by atoms with E-state index in [1.165, 1.54) is 7.05 Å². The maximum absolute atomic E-state index is 12.2. The van der Waals surface area contributed by atoms with Gasteiger partial charge in [0.2, 0.25) is 0 Å². The third-order valence-electron chi connectivity index (χ3n) is 3.24. The maximum atomic E-state index is 12.2. The van der Waals surface area contributed by atoms with Gasteiger partial charge in [-0.15, -0.1) is 0 Å². The summed E-state index contributed by atoms with van der Waals surface area (Å²) in [5.41, 5.74) is 7.07. The van der Waals surface area contributed by atoms with E-state index in [1.807, 2.05) is 13.8 Å². The first-order valence-corrected chi connectivity index (χ1v) is 7.86. The molecule has 0 aromatic heterocycles. The second kappa shape index (κ2) is 8.05. The van der Waals surface area contributed by atoms with Gasteiger partial charge in [0.25, 0.3) is 5.91 Å². The molecule has 2 aromatic rings. The Labute approximate surface area is 146 Å². The Morgan fingerprint density at radius 1 is 1.08 bits per heavy atom. The zero-order valence-electron chi connectivity index (χ0n) is 14.4. The number of ether oxygens (including phenoxy) is 1. The van der Waals surface area contributed by atoms with Crippen LogP contribution in [0.4, 0.5) is 16.2 Å². The van der Waals surface area contributed by atoms with Crippen molar-refractivity contribution in [3.63, 3.8) is 0 Å². The maximum Gasteiger partial charge on any atom is 0.319 e. The fourth-order valence-corrected chi connectivity index (χ4v) is 2.10. The van der Waals surface area contributed by atoms with Crippen molar-refractivity contribution in [1.82, 2.24) is 10.6 Å². The second-order valence-electron chi connectivity index (χ2n) is 5.71. The van der Waals surface area contributed by atoms with Gasteiger partial charge >= 0.3 is 6.03 Å². The molecule has 5 N–H and O–H groups in total. The summed E-state index contributed by atoms with van der Waals surface area (Å²) in [5, 5.41) is 7.97. The Kier molecular flexibility index (Phi) is 5.84. The van der Waals surface area contributed by atoms with Crippen molar-refractivity contribution < 1.29 is 14.3 Å². The Morgan fingerprint density at radius 3 is 2.36 bits per heavy atom. The van der Waals surface area contributed by atoms with Gasteiger partial charge in [-0.25, -0.2) is 4.79 Å². The number of hydrogen-bond donors (Lipinski definition) is 4. The molecule has 3 amide bonds. The van der Waals surface area contributed by atoms with Gasteiger partial charge in [0, 0.05) is 24.5 Å². The summed E-state index contributed by atoms with van der Waals surface area (Å²) in [7, 11) is 1.53. The molecule has 2 rings (SSSR count). The number of urea groups is 1. The summed E-state index contributed by atoms with van der Waals surface area (Å²) >= 11 is 0. The summed E-state index contributed by atoms with van der Waals surface area (Å²) < 4.78 is 5.77. The molecule has 0 saturated heterocycles. The predicted octanol–water partition coefficient (Wildman–Crippen LogP) is 2.95. The van der Waals surface area contributed by atoms with Crippen LogP contribution in [0.25, 0.3) is 0 Å². The van der Waals surface area contributed by atoms with Gasteiger partial charge in [-0.1, -0.05) is 0 Å². The third-order valence-corrected chi connectivity index (χ3v) is 3.24. The lowest BCUT2D eigenvalue weighted by Gasteiger charge is -2.14. The highest BCUT2D eigenvalue weighted by molar-refractivity contribution is 5.99. The smallest absolute Gasteiger partial charge is 0.319 e. The van der Waals surface area contributed by atoms with Crippen LogP contribution in [0.15, 0.2) is 42.5 Å². The Balaban J connectivity index is 2.25. The summed E-state index contributed by atoms with van der Waals surface area (Å²) in [6.07, 6.45) is 0. The molecule has 0 aliphatic heterocycles.